The monoisotopic (exact) mass is 188 g/mol. The molecule has 0 unspecified atom stereocenters. The van der Waals surface area contributed by atoms with Crippen molar-refractivity contribution >= 4 is 5.69 Å². The van der Waals surface area contributed by atoms with Crippen molar-refractivity contribution in [3.63, 3.8) is 0 Å². The molecule has 1 aromatic carbocycles. The van der Waals surface area contributed by atoms with Gasteiger partial charge in [-0.15, -0.1) is 5.10 Å². The van der Waals surface area contributed by atoms with Crippen molar-refractivity contribution in [2.45, 2.75) is 6.92 Å². The van der Waals surface area contributed by atoms with Crippen molar-refractivity contribution < 1.29 is 0 Å². The normalized spacial score (nSPS) is 10.1. The Kier molecular flexibility index (Phi) is 2.44. The molecular weight excluding hydrogens is 176 g/mol. The van der Waals surface area contributed by atoms with Crippen molar-refractivity contribution in [3.05, 3.63) is 36.7 Å². The summed E-state index contributed by atoms with van der Waals surface area (Å²) in [5.41, 5.74) is 2.09. The van der Waals surface area contributed by atoms with Gasteiger partial charge in [-0.2, -0.15) is 0 Å². The molecule has 0 bridgehead atoms. The maximum absolute atomic E-state index is 3.96. The van der Waals surface area contributed by atoms with Crippen molar-refractivity contribution in [1.82, 2.24) is 15.0 Å². The van der Waals surface area contributed by atoms with Gasteiger partial charge in [-0.25, -0.2) is 4.68 Å². The van der Waals surface area contributed by atoms with E-state index in [1.807, 2.05) is 30.5 Å². The van der Waals surface area contributed by atoms with Gasteiger partial charge in [-0.1, -0.05) is 17.3 Å². The Morgan fingerprint density at radius 3 is 2.93 bits per heavy atom. The highest BCUT2D eigenvalue weighted by Gasteiger charge is 2.02. The summed E-state index contributed by atoms with van der Waals surface area (Å²) >= 11 is 0. The summed E-state index contributed by atoms with van der Waals surface area (Å²) in [6, 6.07) is 8.02. The summed E-state index contributed by atoms with van der Waals surface area (Å²) < 4.78 is 1.75. The van der Waals surface area contributed by atoms with E-state index in [-0.39, 0.29) is 0 Å². The van der Waals surface area contributed by atoms with Crippen LogP contribution in [0.15, 0.2) is 36.7 Å². The third-order valence-electron chi connectivity index (χ3n) is 1.94. The SMILES string of the molecule is CCNc1ccccc1-n1ccnn1. The van der Waals surface area contributed by atoms with E-state index in [0.717, 1.165) is 17.9 Å². The van der Waals surface area contributed by atoms with Crippen LogP contribution in [0.25, 0.3) is 5.69 Å². The summed E-state index contributed by atoms with van der Waals surface area (Å²) in [5, 5.41) is 11.0. The smallest absolute Gasteiger partial charge is 0.0894 e. The molecule has 0 aliphatic rings. The second-order valence-electron chi connectivity index (χ2n) is 2.90. The lowest BCUT2D eigenvalue weighted by molar-refractivity contribution is 0.803. The van der Waals surface area contributed by atoms with Crippen molar-refractivity contribution in [1.29, 1.82) is 0 Å². The first-order valence-corrected chi connectivity index (χ1v) is 4.61. The number of anilines is 1. The summed E-state index contributed by atoms with van der Waals surface area (Å²) in [6.07, 6.45) is 3.50. The molecule has 2 aromatic rings. The maximum atomic E-state index is 3.96. The van der Waals surface area contributed by atoms with Crippen molar-refractivity contribution in [3.8, 4) is 5.69 Å². The van der Waals surface area contributed by atoms with Crippen LogP contribution in [0.1, 0.15) is 6.92 Å². The molecule has 0 saturated heterocycles. The van der Waals surface area contributed by atoms with Crippen LogP contribution in [0.5, 0.6) is 0 Å². The summed E-state index contributed by atoms with van der Waals surface area (Å²) in [4.78, 5) is 0. The van der Waals surface area contributed by atoms with E-state index in [4.69, 9.17) is 0 Å². The molecule has 0 radical (unpaired) electrons. The summed E-state index contributed by atoms with van der Waals surface area (Å²) in [7, 11) is 0. The summed E-state index contributed by atoms with van der Waals surface area (Å²) in [5.74, 6) is 0. The van der Waals surface area contributed by atoms with E-state index in [9.17, 15) is 0 Å². The fraction of sp³-hybridized carbons (Fsp3) is 0.200. The highest BCUT2D eigenvalue weighted by Crippen LogP contribution is 2.17. The molecule has 0 aliphatic carbocycles. The van der Waals surface area contributed by atoms with Gasteiger partial charge in [0.2, 0.25) is 0 Å². The van der Waals surface area contributed by atoms with Gasteiger partial charge >= 0.3 is 0 Å². The molecule has 14 heavy (non-hydrogen) atoms. The van der Waals surface area contributed by atoms with Crippen LogP contribution in [0.4, 0.5) is 5.69 Å². The van der Waals surface area contributed by atoms with E-state index < -0.39 is 0 Å². The molecule has 0 spiro atoms. The molecule has 1 heterocycles. The number of para-hydroxylation sites is 2. The maximum Gasteiger partial charge on any atom is 0.0894 e. The van der Waals surface area contributed by atoms with E-state index in [1.165, 1.54) is 0 Å². The predicted octanol–water partition coefficient (Wildman–Crippen LogP) is 1.70. The highest BCUT2D eigenvalue weighted by molar-refractivity contribution is 5.60. The molecule has 0 aliphatic heterocycles. The molecule has 0 fully saturated rings. The van der Waals surface area contributed by atoms with E-state index in [0.29, 0.717) is 0 Å². The standard InChI is InChI=1S/C10H12N4/c1-2-11-9-5-3-4-6-10(9)14-8-7-12-13-14/h3-8,11H,2H2,1H3. The average molecular weight is 188 g/mol. The first-order chi connectivity index (χ1) is 6.92. The molecule has 0 saturated carbocycles. The Hall–Kier alpha value is -1.84. The molecule has 4 heteroatoms. The van der Waals surface area contributed by atoms with Gasteiger partial charge in [0.25, 0.3) is 0 Å². The fourth-order valence-electron chi connectivity index (χ4n) is 1.35. The first-order valence-electron chi connectivity index (χ1n) is 4.61. The number of rotatable bonds is 3. The quantitative estimate of drug-likeness (QED) is 0.797. The Balaban J connectivity index is 2.42. The van der Waals surface area contributed by atoms with Gasteiger partial charge in [0.1, 0.15) is 0 Å². The molecule has 72 valence electrons. The van der Waals surface area contributed by atoms with Gasteiger partial charge in [-0.05, 0) is 19.1 Å². The summed E-state index contributed by atoms with van der Waals surface area (Å²) in [6.45, 7) is 2.96. The van der Waals surface area contributed by atoms with Crippen LogP contribution in [-0.4, -0.2) is 21.5 Å². The van der Waals surface area contributed by atoms with E-state index in [1.54, 1.807) is 10.9 Å². The molecule has 0 amide bonds. The van der Waals surface area contributed by atoms with Gasteiger partial charge in [-0.3, -0.25) is 0 Å². The lowest BCUT2D eigenvalue weighted by atomic mass is 10.2. The van der Waals surface area contributed by atoms with Crippen LogP contribution in [-0.2, 0) is 0 Å². The third-order valence-corrected chi connectivity index (χ3v) is 1.94. The predicted molar refractivity (Wildman–Crippen MR) is 55.5 cm³/mol. The molecule has 0 atom stereocenters. The zero-order chi connectivity index (χ0) is 9.80. The van der Waals surface area contributed by atoms with Crippen LogP contribution >= 0.6 is 0 Å². The zero-order valence-corrected chi connectivity index (χ0v) is 8.01. The third kappa shape index (κ3) is 1.59. The highest BCUT2D eigenvalue weighted by atomic mass is 15.4. The molecule has 4 nitrogen and oxygen atoms in total. The number of hydrogen-bond donors (Lipinski definition) is 1. The molecule has 1 aromatic heterocycles. The van der Waals surface area contributed by atoms with E-state index in [2.05, 4.69) is 22.6 Å². The Bertz CT molecular complexity index is 394. The lowest BCUT2D eigenvalue weighted by Crippen LogP contribution is -2.03. The fourth-order valence-corrected chi connectivity index (χ4v) is 1.35. The second-order valence-corrected chi connectivity index (χ2v) is 2.90. The second kappa shape index (κ2) is 3.91. The Morgan fingerprint density at radius 2 is 2.21 bits per heavy atom. The van der Waals surface area contributed by atoms with Gasteiger partial charge in [0.15, 0.2) is 0 Å². The number of benzene rings is 1. The van der Waals surface area contributed by atoms with Crippen molar-refractivity contribution in [2.24, 2.45) is 0 Å². The molecule has 2 rings (SSSR count). The topological polar surface area (TPSA) is 42.7 Å². The van der Waals surface area contributed by atoms with E-state index >= 15 is 0 Å². The Morgan fingerprint density at radius 1 is 1.36 bits per heavy atom. The minimum absolute atomic E-state index is 0.895. The van der Waals surface area contributed by atoms with Gasteiger partial charge < -0.3 is 5.32 Å². The largest absolute Gasteiger partial charge is 0.384 e. The van der Waals surface area contributed by atoms with Crippen LogP contribution in [0, 0.1) is 0 Å². The first kappa shape index (κ1) is 8.74. The van der Waals surface area contributed by atoms with Gasteiger partial charge in [0.05, 0.1) is 23.8 Å². The molecule has 1 N–H and O–H groups in total. The van der Waals surface area contributed by atoms with Gasteiger partial charge in [0, 0.05) is 6.54 Å². The van der Waals surface area contributed by atoms with Crippen LogP contribution < -0.4 is 5.32 Å². The van der Waals surface area contributed by atoms with Crippen LogP contribution in [0.3, 0.4) is 0 Å². The number of aromatic nitrogens is 3. The van der Waals surface area contributed by atoms with Crippen molar-refractivity contribution in [2.75, 3.05) is 11.9 Å². The number of nitrogens with zero attached hydrogens (tertiary/aromatic N) is 3. The Labute approximate surface area is 82.6 Å². The minimum Gasteiger partial charge on any atom is -0.384 e. The number of hydrogen-bond acceptors (Lipinski definition) is 3. The number of nitrogens with one attached hydrogen (secondary N) is 1. The zero-order valence-electron chi connectivity index (χ0n) is 8.01. The lowest BCUT2D eigenvalue weighted by Gasteiger charge is -2.09. The minimum atomic E-state index is 0.895. The average Bonchev–Trinajstić information content (AvgIpc) is 2.72. The molecular formula is C10H12N4. The van der Waals surface area contributed by atoms with Crippen LogP contribution in [0.2, 0.25) is 0 Å².